The number of rotatable bonds is 4. The van der Waals surface area contributed by atoms with Gasteiger partial charge in [-0.3, -0.25) is 19.3 Å². The van der Waals surface area contributed by atoms with Crippen LogP contribution in [0.2, 0.25) is 5.02 Å². The number of alkyl halides is 3. The van der Waals surface area contributed by atoms with E-state index in [0.717, 1.165) is 18.2 Å². The number of nitrogens with zero attached hydrogens (tertiary/aromatic N) is 1. The monoisotopic (exact) mass is 458 g/mol. The molecule has 1 aliphatic heterocycles. The zero-order chi connectivity index (χ0) is 22.1. The third-order valence-electron chi connectivity index (χ3n) is 3.91. The van der Waals surface area contributed by atoms with Gasteiger partial charge in [0, 0.05) is 5.69 Å². The molecule has 30 heavy (non-hydrogen) atoms. The molecule has 1 aliphatic rings. The Morgan fingerprint density at radius 3 is 2.40 bits per heavy atom. The average molecular weight is 459 g/mol. The zero-order valence-corrected chi connectivity index (χ0v) is 16.4. The molecule has 1 heterocycles. The molecule has 11 heteroatoms. The lowest BCUT2D eigenvalue weighted by atomic mass is 10.1. The maximum absolute atomic E-state index is 13.2. The smallest absolute Gasteiger partial charge is 0.324 e. The number of anilines is 1. The van der Waals surface area contributed by atoms with Crippen LogP contribution < -0.4 is 5.32 Å². The lowest BCUT2D eigenvalue weighted by Gasteiger charge is -2.12. The first-order valence-electron chi connectivity index (χ1n) is 8.22. The number of carbonyl (C=O) groups is 3. The summed E-state index contributed by atoms with van der Waals surface area (Å²) in [7, 11) is 0. The van der Waals surface area contributed by atoms with Gasteiger partial charge in [-0.1, -0.05) is 23.7 Å². The maximum atomic E-state index is 13.2. The lowest BCUT2D eigenvalue weighted by Crippen LogP contribution is -2.36. The zero-order valence-electron chi connectivity index (χ0n) is 14.8. The molecule has 0 bridgehead atoms. The summed E-state index contributed by atoms with van der Waals surface area (Å²) in [4.78, 5) is 37.3. The second-order valence-corrected chi connectivity index (χ2v) is 7.47. The van der Waals surface area contributed by atoms with Gasteiger partial charge in [0.1, 0.15) is 12.4 Å². The highest BCUT2D eigenvalue weighted by Gasteiger charge is 2.36. The van der Waals surface area contributed by atoms with E-state index in [9.17, 15) is 31.9 Å². The van der Waals surface area contributed by atoms with Crippen LogP contribution in [0.25, 0.3) is 6.08 Å². The van der Waals surface area contributed by atoms with Crippen LogP contribution in [-0.4, -0.2) is 28.5 Å². The fourth-order valence-corrected chi connectivity index (χ4v) is 3.49. The number of carbonyl (C=O) groups excluding carboxylic acids is 3. The van der Waals surface area contributed by atoms with Gasteiger partial charge in [-0.2, -0.15) is 13.2 Å². The summed E-state index contributed by atoms with van der Waals surface area (Å²) in [5.41, 5.74) is -0.372. The van der Waals surface area contributed by atoms with Gasteiger partial charge in [0.15, 0.2) is 0 Å². The molecule has 0 radical (unpaired) electrons. The average Bonchev–Trinajstić information content (AvgIpc) is 2.92. The van der Waals surface area contributed by atoms with Crippen molar-refractivity contribution >= 4 is 52.2 Å². The van der Waals surface area contributed by atoms with Crippen LogP contribution in [-0.2, 0) is 15.8 Å². The molecule has 0 atom stereocenters. The van der Waals surface area contributed by atoms with Crippen LogP contribution >= 0.6 is 23.4 Å². The third kappa shape index (κ3) is 5.00. The van der Waals surface area contributed by atoms with Crippen molar-refractivity contribution in [1.82, 2.24) is 4.90 Å². The summed E-state index contributed by atoms with van der Waals surface area (Å²) in [5, 5.41) is 1.48. The molecule has 3 rings (SSSR count). The first-order valence-corrected chi connectivity index (χ1v) is 9.41. The van der Waals surface area contributed by atoms with E-state index in [4.69, 9.17) is 11.6 Å². The number of imide groups is 1. The second kappa shape index (κ2) is 8.49. The third-order valence-corrected chi connectivity index (χ3v) is 5.11. The molecule has 5 nitrogen and oxygen atoms in total. The van der Waals surface area contributed by atoms with Crippen LogP contribution in [0.15, 0.2) is 47.4 Å². The summed E-state index contributed by atoms with van der Waals surface area (Å²) >= 11 is 6.19. The van der Waals surface area contributed by atoms with Crippen molar-refractivity contribution in [2.24, 2.45) is 0 Å². The summed E-state index contributed by atoms with van der Waals surface area (Å²) < 4.78 is 51.0. The number of nitrogens with one attached hydrogen (secondary N) is 1. The van der Waals surface area contributed by atoms with Crippen molar-refractivity contribution in [3.63, 3.8) is 0 Å². The number of hydrogen-bond donors (Lipinski definition) is 1. The van der Waals surface area contributed by atoms with Crippen molar-refractivity contribution in [2.75, 3.05) is 11.9 Å². The second-order valence-electron chi connectivity index (χ2n) is 6.06. The predicted octanol–water partition coefficient (Wildman–Crippen LogP) is 5.17. The van der Waals surface area contributed by atoms with Crippen LogP contribution in [0.5, 0.6) is 0 Å². The molecule has 0 spiro atoms. The normalized spacial score (nSPS) is 15.8. The van der Waals surface area contributed by atoms with Gasteiger partial charge in [-0.25, -0.2) is 4.39 Å². The molecule has 1 saturated heterocycles. The molecule has 0 saturated carbocycles. The summed E-state index contributed by atoms with van der Waals surface area (Å²) in [5.74, 6) is -2.14. The minimum absolute atomic E-state index is 0.0302. The number of halogens is 5. The van der Waals surface area contributed by atoms with E-state index in [1.807, 2.05) is 0 Å². The van der Waals surface area contributed by atoms with Crippen molar-refractivity contribution in [2.45, 2.75) is 6.18 Å². The van der Waals surface area contributed by atoms with Gasteiger partial charge in [-0.15, -0.1) is 0 Å². The fraction of sp³-hybridized carbons (Fsp3) is 0.105. The Kier molecular flexibility index (Phi) is 6.18. The Morgan fingerprint density at radius 2 is 1.80 bits per heavy atom. The Balaban J connectivity index is 1.68. The van der Waals surface area contributed by atoms with E-state index in [0.29, 0.717) is 22.2 Å². The molecule has 156 valence electrons. The van der Waals surface area contributed by atoms with E-state index in [1.165, 1.54) is 30.3 Å². The van der Waals surface area contributed by atoms with Crippen molar-refractivity contribution < 1.29 is 31.9 Å². The van der Waals surface area contributed by atoms with Gasteiger partial charge in [-0.05, 0) is 53.7 Å². The molecule has 0 unspecified atom stereocenters. The number of benzene rings is 2. The molecule has 3 amide bonds. The highest BCUT2D eigenvalue weighted by Crippen LogP contribution is 2.33. The highest BCUT2D eigenvalue weighted by atomic mass is 35.5. The van der Waals surface area contributed by atoms with Crippen molar-refractivity contribution in [3.8, 4) is 0 Å². The van der Waals surface area contributed by atoms with Gasteiger partial charge < -0.3 is 5.32 Å². The van der Waals surface area contributed by atoms with Crippen molar-refractivity contribution in [1.29, 1.82) is 0 Å². The van der Waals surface area contributed by atoms with Gasteiger partial charge in [0.05, 0.1) is 15.5 Å². The summed E-state index contributed by atoms with van der Waals surface area (Å²) in [6, 6.07) is 7.54. The Hall–Kier alpha value is -2.85. The standard InChI is InChI=1S/C19H11ClF4N2O3S/c20-13-8-12(5-6-14(13)21)25-16(27)9-26-17(28)15(30-18(26)29)7-10-1-3-11(4-2-10)19(22,23)24/h1-8H,9H2,(H,25,27)/b15-7-. The Bertz CT molecular complexity index is 1050. The van der Waals surface area contributed by atoms with Gasteiger partial charge >= 0.3 is 6.18 Å². The van der Waals surface area contributed by atoms with E-state index >= 15 is 0 Å². The van der Waals surface area contributed by atoms with Crippen molar-refractivity contribution in [3.05, 3.63) is 69.3 Å². The first kappa shape index (κ1) is 21.8. The molecule has 1 fully saturated rings. The molecule has 2 aromatic carbocycles. The first-order chi connectivity index (χ1) is 14.0. The molecular weight excluding hydrogens is 448 g/mol. The minimum atomic E-state index is -4.49. The molecule has 1 N–H and O–H groups in total. The molecule has 0 aromatic heterocycles. The Morgan fingerprint density at radius 1 is 1.13 bits per heavy atom. The SMILES string of the molecule is O=C(CN1C(=O)S/C(=C\c2ccc(C(F)(F)F)cc2)C1=O)Nc1ccc(F)c(Cl)c1. The van der Waals surface area contributed by atoms with Crippen LogP contribution in [0, 0.1) is 5.82 Å². The largest absolute Gasteiger partial charge is 0.416 e. The summed E-state index contributed by atoms with van der Waals surface area (Å²) in [6.07, 6.45) is -3.22. The van der Waals surface area contributed by atoms with Crippen LogP contribution in [0.1, 0.15) is 11.1 Å². The van der Waals surface area contributed by atoms with Gasteiger partial charge in [0.25, 0.3) is 11.1 Å². The Labute approximate surface area is 176 Å². The topological polar surface area (TPSA) is 66.5 Å². The molecular formula is C19H11ClF4N2O3S. The number of amides is 3. The van der Waals surface area contributed by atoms with E-state index in [1.54, 1.807) is 0 Å². The highest BCUT2D eigenvalue weighted by molar-refractivity contribution is 8.18. The van der Waals surface area contributed by atoms with E-state index < -0.39 is 41.2 Å². The van der Waals surface area contributed by atoms with E-state index in [-0.39, 0.29) is 15.6 Å². The van der Waals surface area contributed by atoms with Gasteiger partial charge in [0.2, 0.25) is 5.91 Å². The maximum Gasteiger partial charge on any atom is 0.416 e. The van der Waals surface area contributed by atoms with Crippen LogP contribution in [0.4, 0.5) is 28.0 Å². The fourth-order valence-electron chi connectivity index (χ4n) is 2.47. The predicted molar refractivity (Wildman–Crippen MR) is 104 cm³/mol. The van der Waals surface area contributed by atoms with E-state index in [2.05, 4.69) is 5.32 Å². The molecule has 2 aromatic rings. The minimum Gasteiger partial charge on any atom is -0.324 e. The van der Waals surface area contributed by atoms with Crippen LogP contribution in [0.3, 0.4) is 0 Å². The number of thioether (sulfide) groups is 1. The molecule has 0 aliphatic carbocycles. The quantitative estimate of drug-likeness (QED) is 0.507. The lowest BCUT2D eigenvalue weighted by molar-refractivity contribution is -0.137. The summed E-state index contributed by atoms with van der Waals surface area (Å²) in [6.45, 7) is -0.593. The number of hydrogen-bond acceptors (Lipinski definition) is 4.